The molecule has 126 valence electrons. The van der Waals surface area contributed by atoms with Gasteiger partial charge in [0, 0.05) is 37.1 Å². The number of nitrogens with one attached hydrogen (secondary N) is 1. The number of nitrogens with zero attached hydrogens (tertiary/aromatic N) is 4. The van der Waals surface area contributed by atoms with Crippen molar-refractivity contribution in [1.29, 1.82) is 0 Å². The molecular formula is C17H22N6O. The smallest absolute Gasteiger partial charge is 0.272 e. The van der Waals surface area contributed by atoms with Crippen LogP contribution in [-0.2, 0) is 6.42 Å². The summed E-state index contributed by atoms with van der Waals surface area (Å²) in [6.07, 6.45) is 5.98. The SMILES string of the molecule is CCc1cc(N2CCCC(NC(=O)c3ncccc3N)C2)ncn1. The van der Waals surface area contributed by atoms with Gasteiger partial charge in [0.25, 0.3) is 5.91 Å². The minimum Gasteiger partial charge on any atom is -0.397 e. The third-order valence-corrected chi connectivity index (χ3v) is 4.21. The number of carbonyl (C=O) groups excluding carboxylic acids is 1. The fourth-order valence-electron chi connectivity index (χ4n) is 2.92. The van der Waals surface area contributed by atoms with E-state index in [1.165, 1.54) is 0 Å². The number of nitrogens with two attached hydrogens (primary N) is 1. The van der Waals surface area contributed by atoms with Crippen molar-refractivity contribution in [3.05, 3.63) is 42.1 Å². The molecule has 7 heteroatoms. The Morgan fingerprint density at radius 1 is 1.42 bits per heavy atom. The van der Waals surface area contributed by atoms with Crippen LogP contribution in [0.2, 0.25) is 0 Å². The summed E-state index contributed by atoms with van der Waals surface area (Å²) >= 11 is 0. The summed E-state index contributed by atoms with van der Waals surface area (Å²) in [4.78, 5) is 27.2. The van der Waals surface area contributed by atoms with E-state index in [1.54, 1.807) is 24.7 Å². The molecule has 1 saturated heterocycles. The summed E-state index contributed by atoms with van der Waals surface area (Å²) in [5.74, 6) is 0.690. The lowest BCUT2D eigenvalue weighted by Crippen LogP contribution is -2.48. The topological polar surface area (TPSA) is 97.0 Å². The standard InChI is InChI=1S/C17H22N6O/c1-2-12-9-15(21-11-20-12)23-8-4-5-13(10-23)22-17(24)16-14(18)6-3-7-19-16/h3,6-7,9,11,13H,2,4-5,8,10,18H2,1H3,(H,22,24). The minimum atomic E-state index is -0.225. The van der Waals surface area contributed by atoms with E-state index in [1.807, 2.05) is 6.07 Å². The van der Waals surface area contributed by atoms with Gasteiger partial charge in [-0.15, -0.1) is 0 Å². The fourth-order valence-corrected chi connectivity index (χ4v) is 2.92. The van der Waals surface area contributed by atoms with Gasteiger partial charge in [-0.2, -0.15) is 0 Å². The van der Waals surface area contributed by atoms with E-state index in [0.717, 1.165) is 43.9 Å². The Kier molecular flexibility index (Phi) is 4.88. The lowest BCUT2D eigenvalue weighted by Gasteiger charge is -2.34. The van der Waals surface area contributed by atoms with Crippen LogP contribution in [0.5, 0.6) is 0 Å². The van der Waals surface area contributed by atoms with Gasteiger partial charge in [-0.3, -0.25) is 4.79 Å². The van der Waals surface area contributed by atoms with Crippen molar-refractivity contribution in [2.75, 3.05) is 23.7 Å². The zero-order chi connectivity index (χ0) is 16.9. The van der Waals surface area contributed by atoms with E-state index >= 15 is 0 Å². The first kappa shape index (κ1) is 16.2. The molecule has 0 bridgehead atoms. The molecule has 2 aromatic heterocycles. The summed E-state index contributed by atoms with van der Waals surface area (Å²) in [5.41, 5.74) is 7.52. The van der Waals surface area contributed by atoms with E-state index in [9.17, 15) is 4.79 Å². The third-order valence-electron chi connectivity index (χ3n) is 4.21. The molecule has 1 atom stereocenters. The summed E-state index contributed by atoms with van der Waals surface area (Å²) in [6, 6.07) is 5.46. The molecule has 1 amide bonds. The summed E-state index contributed by atoms with van der Waals surface area (Å²) in [5, 5.41) is 3.04. The second-order valence-corrected chi connectivity index (χ2v) is 5.92. The van der Waals surface area contributed by atoms with Crippen molar-refractivity contribution in [2.24, 2.45) is 0 Å². The molecule has 0 radical (unpaired) electrons. The van der Waals surface area contributed by atoms with Crippen molar-refractivity contribution >= 4 is 17.4 Å². The first-order valence-corrected chi connectivity index (χ1v) is 8.24. The predicted molar refractivity (Wildman–Crippen MR) is 92.8 cm³/mol. The van der Waals surface area contributed by atoms with Gasteiger partial charge in [0.1, 0.15) is 12.1 Å². The van der Waals surface area contributed by atoms with Gasteiger partial charge >= 0.3 is 0 Å². The molecule has 1 aliphatic rings. The minimum absolute atomic E-state index is 0.0488. The second kappa shape index (κ2) is 7.25. The van der Waals surface area contributed by atoms with Crippen LogP contribution >= 0.6 is 0 Å². The second-order valence-electron chi connectivity index (χ2n) is 5.92. The average molecular weight is 326 g/mol. The van der Waals surface area contributed by atoms with Gasteiger partial charge in [-0.25, -0.2) is 15.0 Å². The molecule has 1 fully saturated rings. The van der Waals surface area contributed by atoms with Crippen LogP contribution in [0.3, 0.4) is 0 Å². The van der Waals surface area contributed by atoms with E-state index in [0.29, 0.717) is 5.69 Å². The molecule has 24 heavy (non-hydrogen) atoms. The van der Waals surface area contributed by atoms with Crippen molar-refractivity contribution in [3.8, 4) is 0 Å². The highest BCUT2D eigenvalue weighted by molar-refractivity contribution is 5.97. The predicted octanol–water partition coefficient (Wildman–Crippen LogP) is 1.41. The molecule has 0 spiro atoms. The number of aromatic nitrogens is 3. The Labute approximate surface area is 141 Å². The molecule has 0 saturated carbocycles. The van der Waals surface area contributed by atoms with Gasteiger partial charge < -0.3 is 16.0 Å². The van der Waals surface area contributed by atoms with Gasteiger partial charge in [0.05, 0.1) is 5.69 Å². The van der Waals surface area contributed by atoms with E-state index in [-0.39, 0.29) is 17.6 Å². The van der Waals surface area contributed by atoms with E-state index in [4.69, 9.17) is 5.73 Å². The van der Waals surface area contributed by atoms with Gasteiger partial charge in [0.15, 0.2) is 5.69 Å². The van der Waals surface area contributed by atoms with Crippen molar-refractivity contribution in [1.82, 2.24) is 20.3 Å². The van der Waals surface area contributed by atoms with Crippen molar-refractivity contribution in [2.45, 2.75) is 32.2 Å². The van der Waals surface area contributed by atoms with Crippen LogP contribution in [0.25, 0.3) is 0 Å². The third kappa shape index (κ3) is 3.61. The van der Waals surface area contributed by atoms with Crippen LogP contribution < -0.4 is 16.0 Å². The Morgan fingerprint density at radius 3 is 3.08 bits per heavy atom. The molecule has 0 aromatic carbocycles. The van der Waals surface area contributed by atoms with Crippen LogP contribution in [0, 0.1) is 0 Å². The maximum absolute atomic E-state index is 12.4. The van der Waals surface area contributed by atoms with Crippen LogP contribution in [-0.4, -0.2) is 40.0 Å². The van der Waals surface area contributed by atoms with Crippen LogP contribution in [0.4, 0.5) is 11.5 Å². The van der Waals surface area contributed by atoms with E-state index in [2.05, 4.69) is 32.1 Å². The molecule has 3 N–H and O–H groups in total. The highest BCUT2D eigenvalue weighted by Crippen LogP contribution is 2.19. The number of pyridine rings is 1. The molecule has 7 nitrogen and oxygen atoms in total. The largest absolute Gasteiger partial charge is 0.397 e. The number of aryl methyl sites for hydroxylation is 1. The first-order valence-electron chi connectivity index (χ1n) is 8.24. The normalized spacial score (nSPS) is 17.5. The zero-order valence-corrected chi connectivity index (χ0v) is 13.8. The number of amides is 1. The molecule has 2 aromatic rings. The Bertz CT molecular complexity index is 720. The molecular weight excluding hydrogens is 304 g/mol. The Balaban J connectivity index is 1.67. The van der Waals surface area contributed by atoms with Crippen molar-refractivity contribution in [3.63, 3.8) is 0 Å². The van der Waals surface area contributed by atoms with Crippen molar-refractivity contribution < 1.29 is 4.79 Å². The number of hydrogen-bond donors (Lipinski definition) is 2. The lowest BCUT2D eigenvalue weighted by molar-refractivity contribution is 0.0929. The maximum Gasteiger partial charge on any atom is 0.272 e. The zero-order valence-electron chi connectivity index (χ0n) is 13.8. The number of hydrogen-bond acceptors (Lipinski definition) is 6. The quantitative estimate of drug-likeness (QED) is 0.882. The lowest BCUT2D eigenvalue weighted by atomic mass is 10.1. The number of rotatable bonds is 4. The highest BCUT2D eigenvalue weighted by atomic mass is 16.2. The molecule has 3 heterocycles. The number of piperidine rings is 1. The van der Waals surface area contributed by atoms with Gasteiger partial charge in [-0.1, -0.05) is 6.92 Å². The fraction of sp³-hybridized carbons (Fsp3) is 0.412. The first-order chi connectivity index (χ1) is 11.7. The highest BCUT2D eigenvalue weighted by Gasteiger charge is 2.24. The van der Waals surface area contributed by atoms with Gasteiger partial charge in [0.2, 0.25) is 0 Å². The van der Waals surface area contributed by atoms with Crippen LogP contribution in [0.15, 0.2) is 30.7 Å². The summed E-state index contributed by atoms with van der Waals surface area (Å²) in [7, 11) is 0. The molecule has 3 rings (SSSR count). The number of nitrogen functional groups attached to an aromatic ring is 1. The Hall–Kier alpha value is -2.70. The molecule has 1 unspecified atom stereocenters. The summed E-state index contributed by atoms with van der Waals surface area (Å²) in [6.45, 7) is 3.72. The average Bonchev–Trinajstić information content (AvgIpc) is 2.62. The molecule has 1 aliphatic heterocycles. The summed E-state index contributed by atoms with van der Waals surface area (Å²) < 4.78 is 0. The van der Waals surface area contributed by atoms with Crippen LogP contribution in [0.1, 0.15) is 35.9 Å². The monoisotopic (exact) mass is 326 g/mol. The Morgan fingerprint density at radius 2 is 2.29 bits per heavy atom. The van der Waals surface area contributed by atoms with E-state index < -0.39 is 0 Å². The number of anilines is 2. The number of carbonyl (C=O) groups is 1. The van der Waals surface area contributed by atoms with Gasteiger partial charge in [-0.05, 0) is 31.4 Å². The maximum atomic E-state index is 12.4. The molecule has 0 aliphatic carbocycles.